The van der Waals surface area contributed by atoms with E-state index in [0.717, 1.165) is 38.8 Å². The number of nitrogens with zero attached hydrogens (tertiary/aromatic N) is 2. The third-order valence-corrected chi connectivity index (χ3v) is 4.08. The fourth-order valence-corrected chi connectivity index (χ4v) is 2.87. The number of carbonyl (C=O) groups excluding carboxylic acids is 1. The number of rotatable bonds is 3. The highest BCUT2D eigenvalue weighted by molar-refractivity contribution is 5.92. The Morgan fingerprint density at radius 3 is 2.43 bits per heavy atom. The summed E-state index contributed by atoms with van der Waals surface area (Å²) >= 11 is 0. The van der Waals surface area contributed by atoms with Crippen LogP contribution in [0.15, 0.2) is 40.8 Å². The summed E-state index contributed by atoms with van der Waals surface area (Å²) in [6, 6.07) is 9.58. The van der Waals surface area contributed by atoms with E-state index in [4.69, 9.17) is 4.42 Å². The lowest BCUT2D eigenvalue weighted by Gasteiger charge is -2.18. The fraction of sp³-hybridized carbons (Fsp3) is 0.353. The highest BCUT2D eigenvalue weighted by atomic mass is 16.6. The zero-order valence-corrected chi connectivity index (χ0v) is 12.7. The number of benzene rings is 1. The lowest BCUT2D eigenvalue weighted by molar-refractivity contribution is -0.384. The maximum Gasteiger partial charge on any atom is 0.289 e. The Morgan fingerprint density at radius 1 is 1.04 bits per heavy atom. The van der Waals surface area contributed by atoms with Crippen molar-refractivity contribution in [3.8, 4) is 11.3 Å². The molecule has 1 saturated heterocycles. The Kier molecular flexibility index (Phi) is 4.41. The van der Waals surface area contributed by atoms with Crippen LogP contribution in [0, 0.1) is 10.1 Å². The molecule has 2 aromatic rings. The van der Waals surface area contributed by atoms with Crippen molar-refractivity contribution in [3.63, 3.8) is 0 Å². The van der Waals surface area contributed by atoms with E-state index in [2.05, 4.69) is 0 Å². The molecule has 0 radical (unpaired) electrons. The van der Waals surface area contributed by atoms with E-state index < -0.39 is 4.92 Å². The largest absolute Gasteiger partial charge is 0.451 e. The predicted molar refractivity (Wildman–Crippen MR) is 85.2 cm³/mol. The first-order valence-corrected chi connectivity index (χ1v) is 7.80. The van der Waals surface area contributed by atoms with Gasteiger partial charge in [0.15, 0.2) is 5.76 Å². The van der Waals surface area contributed by atoms with Gasteiger partial charge < -0.3 is 9.32 Å². The summed E-state index contributed by atoms with van der Waals surface area (Å²) < 4.78 is 5.62. The van der Waals surface area contributed by atoms with E-state index in [1.54, 1.807) is 35.2 Å². The number of hydrogen-bond donors (Lipinski definition) is 0. The molecule has 1 amide bonds. The molecular weight excluding hydrogens is 296 g/mol. The predicted octanol–water partition coefficient (Wildman–Crippen LogP) is 3.87. The maximum absolute atomic E-state index is 12.5. The fourth-order valence-electron chi connectivity index (χ4n) is 2.87. The first-order chi connectivity index (χ1) is 11.2. The van der Waals surface area contributed by atoms with Gasteiger partial charge in [0, 0.05) is 19.2 Å². The van der Waals surface area contributed by atoms with Gasteiger partial charge in [-0.15, -0.1) is 0 Å². The monoisotopic (exact) mass is 314 g/mol. The van der Waals surface area contributed by atoms with E-state index >= 15 is 0 Å². The molecule has 0 aliphatic carbocycles. The number of carbonyl (C=O) groups is 1. The molecular formula is C17H18N2O4. The molecule has 1 fully saturated rings. The van der Waals surface area contributed by atoms with Crippen LogP contribution in [-0.2, 0) is 0 Å². The highest BCUT2D eigenvalue weighted by Crippen LogP contribution is 2.31. The van der Waals surface area contributed by atoms with Gasteiger partial charge in [-0.2, -0.15) is 0 Å². The smallest absolute Gasteiger partial charge is 0.289 e. The molecule has 0 atom stereocenters. The van der Waals surface area contributed by atoms with E-state index in [0.29, 0.717) is 11.3 Å². The highest BCUT2D eigenvalue weighted by Gasteiger charge is 2.23. The van der Waals surface area contributed by atoms with Crippen LogP contribution in [0.4, 0.5) is 5.69 Å². The summed E-state index contributed by atoms with van der Waals surface area (Å²) in [5, 5.41) is 11.1. The first kappa shape index (κ1) is 15.3. The number of furan rings is 1. The van der Waals surface area contributed by atoms with Gasteiger partial charge in [0.2, 0.25) is 0 Å². The second kappa shape index (κ2) is 6.64. The Labute approximate surface area is 133 Å². The maximum atomic E-state index is 12.5. The second-order valence-electron chi connectivity index (χ2n) is 5.64. The van der Waals surface area contributed by atoms with Gasteiger partial charge in [0.05, 0.1) is 10.5 Å². The standard InChI is InChI=1S/C17H18N2O4/c20-17(18-11-5-1-2-6-12-18)16-10-9-15(23-16)13-7-3-4-8-14(13)19(21)22/h3-4,7-10H,1-2,5-6,11-12H2. The van der Waals surface area contributed by atoms with Crippen LogP contribution in [0.3, 0.4) is 0 Å². The summed E-state index contributed by atoms with van der Waals surface area (Å²) in [5.41, 5.74) is 0.350. The van der Waals surface area contributed by atoms with Crippen molar-refractivity contribution in [1.82, 2.24) is 4.90 Å². The van der Waals surface area contributed by atoms with Crippen LogP contribution in [0.5, 0.6) is 0 Å². The Bertz CT molecular complexity index is 715. The summed E-state index contributed by atoms with van der Waals surface area (Å²) in [4.78, 5) is 25.0. The zero-order chi connectivity index (χ0) is 16.2. The van der Waals surface area contributed by atoms with Crippen molar-refractivity contribution >= 4 is 11.6 Å². The summed E-state index contributed by atoms with van der Waals surface area (Å²) in [7, 11) is 0. The van der Waals surface area contributed by atoms with E-state index in [1.807, 2.05) is 0 Å². The summed E-state index contributed by atoms with van der Waals surface area (Å²) in [5.74, 6) is 0.437. The molecule has 1 aromatic carbocycles. The number of likely N-dealkylation sites (tertiary alicyclic amines) is 1. The molecule has 0 spiro atoms. The lowest BCUT2D eigenvalue weighted by atomic mass is 10.1. The summed E-state index contributed by atoms with van der Waals surface area (Å²) in [6.45, 7) is 1.47. The minimum Gasteiger partial charge on any atom is -0.451 e. The number of amides is 1. The molecule has 0 saturated carbocycles. The average Bonchev–Trinajstić information content (AvgIpc) is 2.89. The zero-order valence-electron chi connectivity index (χ0n) is 12.7. The van der Waals surface area contributed by atoms with Crippen LogP contribution in [0.25, 0.3) is 11.3 Å². The SMILES string of the molecule is O=C(c1ccc(-c2ccccc2[N+](=O)[O-])o1)N1CCCCCC1. The molecule has 23 heavy (non-hydrogen) atoms. The van der Waals surface area contributed by atoms with Crippen LogP contribution >= 0.6 is 0 Å². The van der Waals surface area contributed by atoms with E-state index in [1.165, 1.54) is 6.07 Å². The van der Waals surface area contributed by atoms with E-state index in [9.17, 15) is 14.9 Å². The first-order valence-electron chi connectivity index (χ1n) is 7.80. The van der Waals surface area contributed by atoms with Crippen LogP contribution < -0.4 is 0 Å². The van der Waals surface area contributed by atoms with Crippen molar-refractivity contribution < 1.29 is 14.1 Å². The minimum absolute atomic E-state index is 0.0318. The number of hydrogen-bond acceptors (Lipinski definition) is 4. The normalized spacial score (nSPS) is 15.2. The van der Waals surface area contributed by atoms with Gasteiger partial charge in [-0.25, -0.2) is 0 Å². The van der Waals surface area contributed by atoms with Gasteiger partial charge in [0.25, 0.3) is 11.6 Å². The Morgan fingerprint density at radius 2 is 1.74 bits per heavy atom. The molecule has 6 heteroatoms. The van der Waals surface area contributed by atoms with Crippen molar-refractivity contribution in [2.24, 2.45) is 0 Å². The molecule has 6 nitrogen and oxygen atoms in total. The van der Waals surface area contributed by atoms with Crippen molar-refractivity contribution in [3.05, 3.63) is 52.3 Å². The second-order valence-corrected chi connectivity index (χ2v) is 5.64. The van der Waals surface area contributed by atoms with Gasteiger partial charge in [0.1, 0.15) is 5.76 Å². The van der Waals surface area contributed by atoms with Gasteiger partial charge in [-0.1, -0.05) is 25.0 Å². The van der Waals surface area contributed by atoms with E-state index in [-0.39, 0.29) is 17.4 Å². The van der Waals surface area contributed by atoms with Crippen LogP contribution in [-0.4, -0.2) is 28.8 Å². The number of para-hydroxylation sites is 1. The molecule has 1 aromatic heterocycles. The van der Waals surface area contributed by atoms with Gasteiger partial charge >= 0.3 is 0 Å². The summed E-state index contributed by atoms with van der Waals surface area (Å²) in [6.07, 6.45) is 4.29. The number of nitro benzene ring substituents is 1. The molecule has 1 aliphatic rings. The molecule has 1 aliphatic heterocycles. The Hall–Kier alpha value is -2.63. The van der Waals surface area contributed by atoms with Crippen molar-refractivity contribution in [1.29, 1.82) is 0 Å². The average molecular weight is 314 g/mol. The third-order valence-electron chi connectivity index (χ3n) is 4.08. The van der Waals surface area contributed by atoms with Gasteiger partial charge in [-0.3, -0.25) is 14.9 Å². The molecule has 0 unspecified atom stereocenters. The lowest BCUT2D eigenvalue weighted by Crippen LogP contribution is -2.31. The molecule has 0 bridgehead atoms. The minimum atomic E-state index is -0.450. The quantitative estimate of drug-likeness (QED) is 0.636. The third kappa shape index (κ3) is 3.26. The molecule has 120 valence electrons. The van der Waals surface area contributed by atoms with Crippen molar-refractivity contribution in [2.45, 2.75) is 25.7 Å². The van der Waals surface area contributed by atoms with Crippen LogP contribution in [0.1, 0.15) is 36.2 Å². The molecule has 3 rings (SSSR count). The number of nitro groups is 1. The Balaban J connectivity index is 1.86. The van der Waals surface area contributed by atoms with Gasteiger partial charge in [-0.05, 0) is 31.0 Å². The molecule has 0 N–H and O–H groups in total. The van der Waals surface area contributed by atoms with Crippen molar-refractivity contribution in [2.75, 3.05) is 13.1 Å². The van der Waals surface area contributed by atoms with Crippen LogP contribution in [0.2, 0.25) is 0 Å². The topological polar surface area (TPSA) is 76.6 Å². The molecule has 2 heterocycles.